The summed E-state index contributed by atoms with van der Waals surface area (Å²) in [6.45, 7) is 5.52. The van der Waals surface area contributed by atoms with Crippen molar-refractivity contribution in [3.05, 3.63) is 71.6 Å². The molecule has 4 heteroatoms. The predicted octanol–water partition coefficient (Wildman–Crippen LogP) is 7.19. The highest BCUT2D eigenvalue weighted by molar-refractivity contribution is 6.01. The van der Waals surface area contributed by atoms with Crippen LogP contribution in [0.1, 0.15) is 69.4 Å². The van der Waals surface area contributed by atoms with Crippen LogP contribution in [0.25, 0.3) is 5.70 Å². The Balaban J connectivity index is 1.75. The average molecular weight is 434 g/mol. The zero-order chi connectivity index (χ0) is 22.3. The number of aryl methyl sites for hydroxylation is 1. The van der Waals surface area contributed by atoms with Crippen LogP contribution < -0.4 is 5.32 Å². The SMILES string of the molecule is Cc1ccccc1C(=CC(=NC1CCCCC1)N1CCCCC1C)Nc1ccc(F)cc1. The molecule has 4 rings (SSSR count). The quantitative estimate of drug-likeness (QED) is 0.399. The Labute approximate surface area is 192 Å². The molecule has 0 radical (unpaired) electrons. The number of nitrogens with zero attached hydrogens (tertiary/aromatic N) is 2. The molecule has 2 aliphatic rings. The molecule has 3 nitrogen and oxygen atoms in total. The third kappa shape index (κ3) is 5.79. The fourth-order valence-electron chi connectivity index (χ4n) is 4.90. The van der Waals surface area contributed by atoms with Crippen LogP contribution in [0.15, 0.2) is 59.6 Å². The molecular formula is C28H36FN3. The number of likely N-dealkylation sites (tertiary alicyclic amines) is 1. The van der Waals surface area contributed by atoms with Gasteiger partial charge in [-0.3, -0.25) is 4.99 Å². The van der Waals surface area contributed by atoms with E-state index in [1.54, 1.807) is 12.1 Å². The molecule has 1 aliphatic heterocycles. The minimum Gasteiger partial charge on any atom is -0.355 e. The fraction of sp³-hybridized carbons (Fsp3) is 0.464. The number of halogens is 1. The van der Waals surface area contributed by atoms with Gasteiger partial charge in [-0.05, 0) is 75.8 Å². The highest BCUT2D eigenvalue weighted by Crippen LogP contribution is 2.26. The number of amidine groups is 1. The molecule has 1 aliphatic carbocycles. The van der Waals surface area contributed by atoms with Crippen LogP contribution in [0.3, 0.4) is 0 Å². The van der Waals surface area contributed by atoms with Crippen molar-refractivity contribution in [3.8, 4) is 0 Å². The van der Waals surface area contributed by atoms with Crippen molar-refractivity contribution in [1.29, 1.82) is 0 Å². The van der Waals surface area contributed by atoms with Gasteiger partial charge in [0, 0.05) is 35.6 Å². The molecule has 1 saturated carbocycles. The van der Waals surface area contributed by atoms with E-state index in [1.807, 2.05) is 0 Å². The summed E-state index contributed by atoms with van der Waals surface area (Å²) in [5.74, 6) is 0.871. The zero-order valence-electron chi connectivity index (χ0n) is 19.5. The van der Waals surface area contributed by atoms with Gasteiger partial charge in [-0.2, -0.15) is 0 Å². The number of hydrogen-bond donors (Lipinski definition) is 1. The Morgan fingerprint density at radius 3 is 2.41 bits per heavy atom. The van der Waals surface area contributed by atoms with E-state index >= 15 is 0 Å². The van der Waals surface area contributed by atoms with Gasteiger partial charge in [0.1, 0.15) is 11.7 Å². The molecule has 170 valence electrons. The first-order valence-electron chi connectivity index (χ1n) is 12.2. The molecule has 0 bridgehead atoms. The number of aliphatic imine (C=N–C) groups is 1. The van der Waals surface area contributed by atoms with Gasteiger partial charge in [0.25, 0.3) is 0 Å². The normalized spacial score (nSPS) is 21.0. The largest absolute Gasteiger partial charge is 0.355 e. The van der Waals surface area contributed by atoms with Crippen molar-refractivity contribution in [2.45, 2.75) is 77.3 Å². The minimum atomic E-state index is -0.223. The topological polar surface area (TPSA) is 27.6 Å². The molecule has 1 N–H and O–H groups in total. The number of benzene rings is 2. The second kappa shape index (κ2) is 10.8. The first-order valence-corrected chi connectivity index (χ1v) is 12.2. The van der Waals surface area contributed by atoms with E-state index in [1.165, 1.54) is 69.1 Å². The molecule has 32 heavy (non-hydrogen) atoms. The summed E-state index contributed by atoms with van der Waals surface area (Å²) in [5, 5.41) is 3.57. The summed E-state index contributed by atoms with van der Waals surface area (Å²) >= 11 is 0. The van der Waals surface area contributed by atoms with Crippen LogP contribution in [-0.4, -0.2) is 29.4 Å². The van der Waals surface area contributed by atoms with Gasteiger partial charge < -0.3 is 10.2 Å². The third-order valence-electron chi connectivity index (χ3n) is 6.82. The Morgan fingerprint density at radius 2 is 1.69 bits per heavy atom. The van der Waals surface area contributed by atoms with Crippen molar-refractivity contribution in [1.82, 2.24) is 4.90 Å². The number of rotatable bonds is 5. The highest BCUT2D eigenvalue weighted by atomic mass is 19.1. The summed E-state index contributed by atoms with van der Waals surface area (Å²) < 4.78 is 13.5. The molecule has 0 aromatic heterocycles. The van der Waals surface area contributed by atoms with Crippen LogP contribution in [0.4, 0.5) is 10.1 Å². The average Bonchev–Trinajstić information content (AvgIpc) is 2.81. The molecule has 1 atom stereocenters. The summed E-state index contributed by atoms with van der Waals surface area (Å²) in [6, 6.07) is 15.9. The van der Waals surface area contributed by atoms with Gasteiger partial charge in [-0.25, -0.2) is 4.39 Å². The fourth-order valence-corrected chi connectivity index (χ4v) is 4.90. The van der Waals surface area contributed by atoms with E-state index < -0.39 is 0 Å². The number of anilines is 1. The van der Waals surface area contributed by atoms with Crippen LogP contribution in [0.2, 0.25) is 0 Å². The standard InChI is InChI=1S/C28H36FN3/c1-21-10-6-7-14-26(21)27(30-25-17-15-23(29)16-18-25)20-28(31-24-12-4-3-5-13-24)32-19-9-8-11-22(32)2/h6-7,10,14-18,20,22,24,30H,3-5,8-9,11-13,19H2,1-2H3. The molecular weight excluding hydrogens is 397 g/mol. The summed E-state index contributed by atoms with van der Waals surface area (Å²) in [7, 11) is 0. The Bertz CT molecular complexity index is 941. The molecule has 0 spiro atoms. The Kier molecular flexibility index (Phi) is 7.62. The van der Waals surface area contributed by atoms with Gasteiger partial charge in [0.15, 0.2) is 0 Å². The van der Waals surface area contributed by atoms with Crippen molar-refractivity contribution < 1.29 is 4.39 Å². The lowest BCUT2D eigenvalue weighted by Gasteiger charge is -2.36. The van der Waals surface area contributed by atoms with Crippen molar-refractivity contribution >= 4 is 17.2 Å². The molecule has 1 heterocycles. The first kappa shape index (κ1) is 22.6. The summed E-state index contributed by atoms with van der Waals surface area (Å²) in [5.41, 5.74) is 4.25. The summed E-state index contributed by atoms with van der Waals surface area (Å²) in [6.07, 6.45) is 12.2. The number of nitrogens with one attached hydrogen (secondary N) is 1. The van der Waals surface area contributed by atoms with E-state index in [4.69, 9.17) is 4.99 Å². The lowest BCUT2D eigenvalue weighted by molar-refractivity contribution is 0.257. The minimum absolute atomic E-state index is 0.223. The van der Waals surface area contributed by atoms with Crippen molar-refractivity contribution in [3.63, 3.8) is 0 Å². The molecule has 0 amide bonds. The van der Waals surface area contributed by atoms with Gasteiger partial charge in [0.05, 0.1) is 6.04 Å². The molecule has 2 aromatic rings. The maximum Gasteiger partial charge on any atom is 0.126 e. The van der Waals surface area contributed by atoms with Crippen molar-refractivity contribution in [2.75, 3.05) is 11.9 Å². The second-order valence-electron chi connectivity index (χ2n) is 9.32. The van der Waals surface area contributed by atoms with E-state index in [2.05, 4.69) is 54.4 Å². The Morgan fingerprint density at radius 1 is 0.969 bits per heavy atom. The van der Waals surface area contributed by atoms with Gasteiger partial charge in [0.2, 0.25) is 0 Å². The highest BCUT2D eigenvalue weighted by Gasteiger charge is 2.23. The van der Waals surface area contributed by atoms with E-state index in [9.17, 15) is 4.39 Å². The maximum absolute atomic E-state index is 13.5. The molecule has 1 saturated heterocycles. The smallest absolute Gasteiger partial charge is 0.126 e. The van der Waals surface area contributed by atoms with E-state index in [0.717, 1.165) is 29.3 Å². The number of piperidine rings is 1. The van der Waals surface area contributed by atoms with Crippen molar-refractivity contribution in [2.24, 2.45) is 4.99 Å². The Hall–Kier alpha value is -2.62. The third-order valence-corrected chi connectivity index (χ3v) is 6.82. The predicted molar refractivity (Wildman–Crippen MR) is 134 cm³/mol. The van der Waals surface area contributed by atoms with Crippen LogP contribution in [-0.2, 0) is 0 Å². The van der Waals surface area contributed by atoms with Crippen LogP contribution >= 0.6 is 0 Å². The van der Waals surface area contributed by atoms with E-state index in [-0.39, 0.29) is 5.82 Å². The monoisotopic (exact) mass is 433 g/mol. The second-order valence-corrected chi connectivity index (χ2v) is 9.32. The number of hydrogen-bond acceptors (Lipinski definition) is 2. The lowest BCUT2D eigenvalue weighted by atomic mass is 9.96. The lowest BCUT2D eigenvalue weighted by Crippen LogP contribution is -2.42. The first-order chi connectivity index (χ1) is 15.6. The van der Waals surface area contributed by atoms with Gasteiger partial charge in [-0.1, -0.05) is 43.5 Å². The summed E-state index contributed by atoms with van der Waals surface area (Å²) in [4.78, 5) is 7.83. The maximum atomic E-state index is 13.5. The molecule has 1 unspecified atom stereocenters. The zero-order valence-corrected chi connectivity index (χ0v) is 19.5. The van der Waals surface area contributed by atoms with E-state index in [0.29, 0.717) is 12.1 Å². The molecule has 2 aromatic carbocycles. The molecule has 2 fully saturated rings. The van der Waals surface area contributed by atoms with Gasteiger partial charge in [-0.15, -0.1) is 0 Å². The van der Waals surface area contributed by atoms with Crippen LogP contribution in [0.5, 0.6) is 0 Å². The van der Waals surface area contributed by atoms with Crippen LogP contribution in [0, 0.1) is 12.7 Å². The van der Waals surface area contributed by atoms with Gasteiger partial charge >= 0.3 is 0 Å².